The molecule has 200 valence electrons. The molecule has 1 aromatic carbocycles. The number of nitrogens with zero attached hydrogens (tertiary/aromatic N) is 5. The van der Waals surface area contributed by atoms with Crippen molar-refractivity contribution in [2.75, 3.05) is 37.6 Å². The zero-order valence-corrected chi connectivity index (χ0v) is 23.3. The maximum atomic E-state index is 13.5. The lowest BCUT2D eigenvalue weighted by atomic mass is 9.92. The van der Waals surface area contributed by atoms with Gasteiger partial charge < -0.3 is 14.8 Å². The number of piperidine rings is 1. The number of H-pyrrole nitrogens is 1. The Kier molecular flexibility index (Phi) is 7.10. The predicted molar refractivity (Wildman–Crippen MR) is 152 cm³/mol. The van der Waals surface area contributed by atoms with Crippen LogP contribution >= 0.6 is 23.2 Å². The Labute approximate surface area is 234 Å². The molecule has 1 N–H and O–H groups in total. The molecule has 1 atom stereocenters. The van der Waals surface area contributed by atoms with Gasteiger partial charge in [-0.2, -0.15) is 0 Å². The van der Waals surface area contributed by atoms with Crippen LogP contribution in [0.2, 0.25) is 10.0 Å². The minimum absolute atomic E-state index is 0.300. The summed E-state index contributed by atoms with van der Waals surface area (Å²) in [7, 11) is 0. The van der Waals surface area contributed by atoms with Gasteiger partial charge in [-0.3, -0.25) is 9.69 Å². The van der Waals surface area contributed by atoms with E-state index in [-0.39, 0.29) is 5.41 Å². The normalized spacial score (nSPS) is 22.0. The SMILES string of the molecule is CC[C@H]1CN(c2ncc(-c3ncc[nH]3)cc2Cl)CCN1C1CCN(C(=O)C2(c3ccc(Cl)cc3)CC2)CC1. The van der Waals surface area contributed by atoms with Crippen LogP contribution in [0.4, 0.5) is 5.82 Å². The van der Waals surface area contributed by atoms with Gasteiger partial charge in [-0.05, 0) is 55.9 Å². The third-order valence-electron chi connectivity index (χ3n) is 8.67. The molecule has 4 heterocycles. The molecule has 0 spiro atoms. The molecule has 2 aliphatic heterocycles. The summed E-state index contributed by atoms with van der Waals surface area (Å²) in [4.78, 5) is 32.8. The second kappa shape index (κ2) is 10.5. The Morgan fingerprint density at radius 2 is 1.84 bits per heavy atom. The number of imidazole rings is 1. The average molecular weight is 554 g/mol. The first kappa shape index (κ1) is 25.7. The van der Waals surface area contributed by atoms with E-state index in [0.29, 0.717) is 28.0 Å². The molecule has 2 saturated heterocycles. The first-order chi connectivity index (χ1) is 18.5. The molecule has 0 radical (unpaired) electrons. The zero-order chi connectivity index (χ0) is 26.3. The number of nitrogens with one attached hydrogen (secondary N) is 1. The fraction of sp³-hybridized carbons (Fsp3) is 0.483. The van der Waals surface area contributed by atoms with Crippen LogP contribution in [0.5, 0.6) is 0 Å². The van der Waals surface area contributed by atoms with Crippen molar-refractivity contribution in [3.8, 4) is 11.4 Å². The molecule has 0 unspecified atom stereocenters. The Bertz CT molecular complexity index is 1270. The molecule has 3 fully saturated rings. The summed E-state index contributed by atoms with van der Waals surface area (Å²) in [5, 5.41) is 1.37. The molecular formula is C29H34Cl2N6O. The van der Waals surface area contributed by atoms with Crippen LogP contribution in [0.15, 0.2) is 48.9 Å². The standard InChI is InChI=1S/C29H34Cl2N6O/c1-2-23-19-36(27-25(31)17-20(18-34-27)26-32-11-12-33-26)15-16-37(23)24-7-13-35(14-8-24)28(38)29(9-10-29)21-3-5-22(30)6-4-21/h3-6,11-12,17-18,23-24H,2,7-10,13-16,19H2,1H3,(H,32,33)/t23-/m0/s1. The fourth-order valence-electron chi connectivity index (χ4n) is 6.35. The van der Waals surface area contributed by atoms with Crippen LogP contribution in [0.1, 0.15) is 44.6 Å². The van der Waals surface area contributed by atoms with Crippen molar-refractivity contribution < 1.29 is 4.79 Å². The van der Waals surface area contributed by atoms with E-state index in [1.807, 2.05) is 36.5 Å². The molecule has 6 rings (SSSR count). The number of carbonyl (C=O) groups is 1. The number of aromatic amines is 1. The number of pyridine rings is 1. The first-order valence-corrected chi connectivity index (χ1v) is 14.5. The number of amides is 1. The number of piperazine rings is 1. The average Bonchev–Trinajstić information content (AvgIpc) is 3.57. The van der Waals surface area contributed by atoms with Gasteiger partial charge in [0.05, 0.1) is 10.4 Å². The van der Waals surface area contributed by atoms with Crippen molar-refractivity contribution in [1.29, 1.82) is 0 Å². The van der Waals surface area contributed by atoms with Gasteiger partial charge in [-0.15, -0.1) is 0 Å². The highest BCUT2D eigenvalue weighted by Crippen LogP contribution is 2.50. The van der Waals surface area contributed by atoms with Crippen molar-refractivity contribution in [3.05, 3.63) is 64.5 Å². The van der Waals surface area contributed by atoms with Gasteiger partial charge in [0.15, 0.2) is 0 Å². The van der Waals surface area contributed by atoms with Crippen molar-refractivity contribution in [2.45, 2.75) is 56.5 Å². The van der Waals surface area contributed by atoms with Crippen molar-refractivity contribution >= 4 is 34.9 Å². The number of rotatable bonds is 6. The van der Waals surface area contributed by atoms with E-state index in [2.05, 4.69) is 31.6 Å². The van der Waals surface area contributed by atoms with Gasteiger partial charge in [-0.1, -0.05) is 42.3 Å². The smallest absolute Gasteiger partial charge is 0.233 e. The highest BCUT2D eigenvalue weighted by molar-refractivity contribution is 6.33. The number of carbonyl (C=O) groups excluding carboxylic acids is 1. The number of likely N-dealkylation sites (tertiary alicyclic amines) is 1. The lowest BCUT2D eigenvalue weighted by Crippen LogP contribution is -2.59. The van der Waals surface area contributed by atoms with E-state index in [4.69, 9.17) is 28.2 Å². The molecular weight excluding hydrogens is 519 g/mol. The Morgan fingerprint density at radius 3 is 2.47 bits per heavy atom. The van der Waals surface area contributed by atoms with Gasteiger partial charge in [0, 0.05) is 74.0 Å². The molecule has 7 nitrogen and oxygen atoms in total. The number of halogens is 2. The highest BCUT2D eigenvalue weighted by Gasteiger charge is 2.53. The highest BCUT2D eigenvalue weighted by atomic mass is 35.5. The Balaban J connectivity index is 1.07. The van der Waals surface area contributed by atoms with Gasteiger partial charge >= 0.3 is 0 Å². The van der Waals surface area contributed by atoms with E-state index >= 15 is 0 Å². The molecule has 3 aromatic rings. The quantitative estimate of drug-likeness (QED) is 0.443. The van der Waals surface area contributed by atoms with Gasteiger partial charge in [-0.25, -0.2) is 9.97 Å². The van der Waals surface area contributed by atoms with E-state index in [1.165, 1.54) is 0 Å². The van der Waals surface area contributed by atoms with Crippen LogP contribution in [0.25, 0.3) is 11.4 Å². The largest absolute Gasteiger partial charge is 0.353 e. The van der Waals surface area contributed by atoms with Crippen LogP contribution in [-0.2, 0) is 10.2 Å². The Morgan fingerprint density at radius 1 is 1.08 bits per heavy atom. The predicted octanol–water partition coefficient (Wildman–Crippen LogP) is 5.40. The van der Waals surface area contributed by atoms with Gasteiger partial charge in [0.25, 0.3) is 0 Å². The monoisotopic (exact) mass is 552 g/mol. The van der Waals surface area contributed by atoms with Gasteiger partial charge in [0.2, 0.25) is 5.91 Å². The molecule has 3 aliphatic rings. The summed E-state index contributed by atoms with van der Waals surface area (Å²) in [5.74, 6) is 1.92. The molecule has 2 aromatic heterocycles. The van der Waals surface area contributed by atoms with Gasteiger partial charge in [0.1, 0.15) is 11.6 Å². The van der Waals surface area contributed by atoms with E-state index in [9.17, 15) is 4.79 Å². The summed E-state index contributed by atoms with van der Waals surface area (Å²) in [6.45, 7) is 6.69. The number of aromatic nitrogens is 3. The number of hydrogen-bond donors (Lipinski definition) is 1. The molecule has 1 aliphatic carbocycles. The maximum absolute atomic E-state index is 13.5. The van der Waals surface area contributed by atoms with Crippen LogP contribution in [-0.4, -0.2) is 75.5 Å². The van der Waals surface area contributed by atoms with Crippen LogP contribution in [0, 0.1) is 0 Å². The topological polar surface area (TPSA) is 68.4 Å². The van der Waals surface area contributed by atoms with Crippen molar-refractivity contribution in [2.24, 2.45) is 0 Å². The van der Waals surface area contributed by atoms with E-state index in [0.717, 1.165) is 87.6 Å². The summed E-state index contributed by atoms with van der Waals surface area (Å²) < 4.78 is 0. The molecule has 0 bridgehead atoms. The molecule has 38 heavy (non-hydrogen) atoms. The fourth-order valence-corrected chi connectivity index (χ4v) is 6.76. The zero-order valence-electron chi connectivity index (χ0n) is 21.7. The third-order valence-corrected chi connectivity index (χ3v) is 9.20. The minimum Gasteiger partial charge on any atom is -0.353 e. The lowest BCUT2D eigenvalue weighted by Gasteiger charge is -2.48. The molecule has 1 saturated carbocycles. The summed E-state index contributed by atoms with van der Waals surface area (Å²) in [6.07, 6.45) is 10.4. The first-order valence-electron chi connectivity index (χ1n) is 13.7. The summed E-state index contributed by atoms with van der Waals surface area (Å²) in [5.41, 5.74) is 1.67. The summed E-state index contributed by atoms with van der Waals surface area (Å²) in [6, 6.07) is 10.7. The lowest BCUT2D eigenvalue weighted by molar-refractivity contribution is -0.135. The number of benzene rings is 1. The Hall–Kier alpha value is -2.61. The second-order valence-electron chi connectivity index (χ2n) is 10.8. The second-order valence-corrected chi connectivity index (χ2v) is 11.7. The van der Waals surface area contributed by atoms with E-state index < -0.39 is 0 Å². The number of anilines is 1. The maximum Gasteiger partial charge on any atom is 0.233 e. The minimum atomic E-state index is -0.326. The molecule has 9 heteroatoms. The van der Waals surface area contributed by atoms with Crippen molar-refractivity contribution in [1.82, 2.24) is 24.8 Å². The molecule has 1 amide bonds. The van der Waals surface area contributed by atoms with E-state index in [1.54, 1.807) is 12.4 Å². The van der Waals surface area contributed by atoms with Crippen LogP contribution in [0.3, 0.4) is 0 Å². The van der Waals surface area contributed by atoms with Crippen molar-refractivity contribution in [3.63, 3.8) is 0 Å². The summed E-state index contributed by atoms with van der Waals surface area (Å²) >= 11 is 12.8. The van der Waals surface area contributed by atoms with Crippen LogP contribution < -0.4 is 4.90 Å². The third kappa shape index (κ3) is 4.80. The number of hydrogen-bond acceptors (Lipinski definition) is 5.